The number of nitrogens with zero attached hydrogens (tertiary/aromatic N) is 3. The molecule has 0 aliphatic heterocycles. The van der Waals surface area contributed by atoms with Crippen molar-refractivity contribution in [3.05, 3.63) is 28.6 Å². The zero-order valence-corrected chi connectivity index (χ0v) is 13.1. The number of aromatic nitrogens is 1. The lowest BCUT2D eigenvalue weighted by atomic mass is 10.1. The van der Waals surface area contributed by atoms with Crippen LogP contribution >= 0.6 is 0 Å². The van der Waals surface area contributed by atoms with Crippen LogP contribution < -0.4 is 5.32 Å². The molecule has 0 bridgehead atoms. The summed E-state index contributed by atoms with van der Waals surface area (Å²) in [6.45, 7) is 3.87. The molecule has 1 atom stereocenters. The summed E-state index contributed by atoms with van der Waals surface area (Å²) in [5, 5.41) is 30.3. The van der Waals surface area contributed by atoms with Gasteiger partial charge in [-0.25, -0.2) is 0 Å². The van der Waals surface area contributed by atoms with Crippen molar-refractivity contribution in [2.45, 2.75) is 32.8 Å². The van der Waals surface area contributed by atoms with E-state index in [0.29, 0.717) is 17.7 Å². The summed E-state index contributed by atoms with van der Waals surface area (Å²) in [6, 6.07) is 5.53. The highest BCUT2D eigenvalue weighted by molar-refractivity contribution is 6.01. The third-order valence-electron chi connectivity index (χ3n) is 3.47. The number of hydrogen-bond acceptors (Lipinski definition) is 4. The van der Waals surface area contributed by atoms with Gasteiger partial charge in [-0.05, 0) is 31.1 Å². The fraction of sp³-hybridized carbons (Fsp3) is 0.438. The Morgan fingerprint density at radius 1 is 1.55 bits per heavy atom. The Morgan fingerprint density at radius 2 is 2.23 bits per heavy atom. The summed E-state index contributed by atoms with van der Waals surface area (Å²) < 4.78 is 1.70. The van der Waals surface area contributed by atoms with E-state index in [9.17, 15) is 9.90 Å². The topological polar surface area (TPSA) is 102 Å². The summed E-state index contributed by atoms with van der Waals surface area (Å²) in [4.78, 5) is 12.0. The molecule has 1 unspecified atom stereocenters. The van der Waals surface area contributed by atoms with E-state index in [1.165, 1.54) is 6.08 Å². The van der Waals surface area contributed by atoms with Gasteiger partial charge in [0.2, 0.25) is 0 Å². The van der Waals surface area contributed by atoms with Gasteiger partial charge in [-0.2, -0.15) is 10.5 Å². The molecule has 1 heterocycles. The normalized spacial score (nSPS) is 12.4. The van der Waals surface area contributed by atoms with Gasteiger partial charge in [0.05, 0.1) is 6.10 Å². The Bertz CT molecular complexity index is 659. The first-order valence-electron chi connectivity index (χ1n) is 7.09. The SMILES string of the molecule is CCCC(O)CNC(=O)/C(C#N)=C/c1cc(C#N)n(C)c1C. The molecule has 22 heavy (non-hydrogen) atoms. The van der Waals surface area contributed by atoms with Crippen LogP contribution in [0, 0.1) is 29.6 Å². The van der Waals surface area contributed by atoms with Crippen molar-refractivity contribution in [3.8, 4) is 12.1 Å². The number of nitrogens with one attached hydrogen (secondary N) is 1. The minimum Gasteiger partial charge on any atom is -0.391 e. The maximum atomic E-state index is 12.0. The summed E-state index contributed by atoms with van der Waals surface area (Å²) in [7, 11) is 1.75. The van der Waals surface area contributed by atoms with Crippen molar-refractivity contribution < 1.29 is 9.90 Å². The van der Waals surface area contributed by atoms with E-state index in [1.807, 2.05) is 26.0 Å². The fourth-order valence-corrected chi connectivity index (χ4v) is 2.02. The molecular weight excluding hydrogens is 280 g/mol. The molecule has 0 saturated carbocycles. The molecule has 0 aromatic carbocycles. The van der Waals surface area contributed by atoms with Crippen LogP contribution in [0.1, 0.15) is 36.7 Å². The van der Waals surface area contributed by atoms with Crippen molar-refractivity contribution in [2.24, 2.45) is 7.05 Å². The molecule has 0 fully saturated rings. The first-order chi connectivity index (χ1) is 10.4. The second-order valence-electron chi connectivity index (χ2n) is 5.06. The molecule has 0 spiro atoms. The van der Waals surface area contributed by atoms with Gasteiger partial charge in [-0.15, -0.1) is 0 Å². The molecular formula is C16H20N4O2. The first-order valence-corrected chi connectivity index (χ1v) is 7.09. The van der Waals surface area contributed by atoms with Gasteiger partial charge >= 0.3 is 0 Å². The monoisotopic (exact) mass is 300 g/mol. The molecule has 0 aliphatic rings. The fourth-order valence-electron chi connectivity index (χ4n) is 2.02. The van der Waals surface area contributed by atoms with Crippen LogP contribution in [0.2, 0.25) is 0 Å². The third kappa shape index (κ3) is 4.21. The maximum Gasteiger partial charge on any atom is 0.262 e. The van der Waals surface area contributed by atoms with Crippen LogP contribution in [0.25, 0.3) is 6.08 Å². The van der Waals surface area contributed by atoms with E-state index < -0.39 is 12.0 Å². The van der Waals surface area contributed by atoms with Crippen molar-refractivity contribution in [2.75, 3.05) is 6.54 Å². The molecule has 1 rings (SSSR count). The molecule has 0 aliphatic carbocycles. The minimum atomic E-state index is -0.613. The summed E-state index contributed by atoms with van der Waals surface area (Å²) >= 11 is 0. The van der Waals surface area contributed by atoms with Gasteiger partial charge < -0.3 is 15.0 Å². The molecule has 6 heteroatoms. The number of aliphatic hydroxyl groups excluding tert-OH is 1. The number of carbonyl (C=O) groups excluding carboxylic acids is 1. The lowest BCUT2D eigenvalue weighted by molar-refractivity contribution is -0.117. The summed E-state index contributed by atoms with van der Waals surface area (Å²) in [5.74, 6) is -0.528. The van der Waals surface area contributed by atoms with Crippen molar-refractivity contribution in [3.63, 3.8) is 0 Å². The Balaban J connectivity index is 2.90. The zero-order valence-electron chi connectivity index (χ0n) is 13.1. The Kier molecular flexibility index (Phi) is 6.37. The number of aliphatic hydroxyl groups is 1. The number of amides is 1. The van der Waals surface area contributed by atoms with Gasteiger partial charge in [0.1, 0.15) is 23.4 Å². The Morgan fingerprint density at radius 3 is 2.73 bits per heavy atom. The van der Waals surface area contributed by atoms with Crippen LogP contribution in [0.15, 0.2) is 11.6 Å². The lowest BCUT2D eigenvalue weighted by Crippen LogP contribution is -2.32. The van der Waals surface area contributed by atoms with Crippen molar-refractivity contribution >= 4 is 12.0 Å². The average Bonchev–Trinajstić information content (AvgIpc) is 2.78. The van der Waals surface area contributed by atoms with E-state index >= 15 is 0 Å². The quantitative estimate of drug-likeness (QED) is 0.612. The summed E-state index contributed by atoms with van der Waals surface area (Å²) in [5.41, 5.74) is 1.85. The van der Waals surface area contributed by atoms with E-state index in [1.54, 1.807) is 17.7 Å². The number of rotatable bonds is 6. The first kappa shape index (κ1) is 17.5. The van der Waals surface area contributed by atoms with Crippen LogP contribution in [0.3, 0.4) is 0 Å². The molecule has 1 aromatic rings. The predicted octanol–water partition coefficient (Wildman–Crippen LogP) is 1.39. The lowest BCUT2D eigenvalue weighted by Gasteiger charge is -2.10. The Labute approximate surface area is 130 Å². The van der Waals surface area contributed by atoms with Crippen molar-refractivity contribution in [1.29, 1.82) is 10.5 Å². The molecule has 0 radical (unpaired) electrons. The average molecular weight is 300 g/mol. The third-order valence-corrected chi connectivity index (χ3v) is 3.47. The molecule has 1 amide bonds. The molecule has 0 saturated heterocycles. The number of carbonyl (C=O) groups is 1. The largest absolute Gasteiger partial charge is 0.391 e. The van der Waals surface area contributed by atoms with Crippen LogP contribution in [-0.4, -0.2) is 28.2 Å². The van der Waals surface area contributed by atoms with Gasteiger partial charge in [0, 0.05) is 19.3 Å². The molecule has 116 valence electrons. The highest BCUT2D eigenvalue weighted by atomic mass is 16.3. The van der Waals surface area contributed by atoms with Gasteiger partial charge in [0.15, 0.2) is 0 Å². The minimum absolute atomic E-state index is 0.0538. The number of hydrogen-bond donors (Lipinski definition) is 2. The van der Waals surface area contributed by atoms with Crippen LogP contribution in [0.5, 0.6) is 0 Å². The molecule has 6 nitrogen and oxygen atoms in total. The van der Waals surface area contributed by atoms with Gasteiger partial charge in [0.25, 0.3) is 5.91 Å². The highest BCUT2D eigenvalue weighted by Crippen LogP contribution is 2.16. The van der Waals surface area contributed by atoms with E-state index in [-0.39, 0.29) is 12.1 Å². The summed E-state index contributed by atoms with van der Waals surface area (Å²) in [6.07, 6.45) is 2.25. The van der Waals surface area contributed by atoms with Gasteiger partial charge in [-0.1, -0.05) is 13.3 Å². The van der Waals surface area contributed by atoms with Crippen LogP contribution in [0.4, 0.5) is 0 Å². The highest BCUT2D eigenvalue weighted by Gasteiger charge is 2.13. The smallest absolute Gasteiger partial charge is 0.262 e. The second-order valence-corrected chi connectivity index (χ2v) is 5.06. The maximum absolute atomic E-state index is 12.0. The van der Waals surface area contributed by atoms with Crippen molar-refractivity contribution in [1.82, 2.24) is 9.88 Å². The standard InChI is InChI=1S/C16H20N4O2/c1-4-5-15(21)10-19-16(22)13(8-17)6-12-7-14(9-18)20(3)11(12)2/h6-7,15,21H,4-5,10H2,1-3H3,(H,19,22)/b13-6+. The molecule has 2 N–H and O–H groups in total. The second kappa shape index (κ2) is 8.02. The van der Waals surface area contributed by atoms with E-state index in [4.69, 9.17) is 10.5 Å². The van der Waals surface area contributed by atoms with Gasteiger partial charge in [-0.3, -0.25) is 4.79 Å². The number of nitriles is 2. The van der Waals surface area contributed by atoms with Crippen LogP contribution in [-0.2, 0) is 11.8 Å². The predicted molar refractivity (Wildman–Crippen MR) is 82.4 cm³/mol. The van der Waals surface area contributed by atoms with E-state index in [2.05, 4.69) is 5.32 Å². The Hall–Kier alpha value is -2.57. The zero-order chi connectivity index (χ0) is 16.7. The van der Waals surface area contributed by atoms with E-state index in [0.717, 1.165) is 12.1 Å². The molecule has 1 aromatic heterocycles.